The minimum Gasteiger partial charge on any atom is -0.497 e. The molecule has 0 radical (unpaired) electrons. The highest BCUT2D eigenvalue weighted by atomic mass is 16.5. The predicted octanol–water partition coefficient (Wildman–Crippen LogP) is 4.88. The van der Waals surface area contributed by atoms with Crippen LogP contribution in [-0.4, -0.2) is 41.7 Å². The standard InChI is InChI=1S/C26H25N3O2/c1-30-21-11-9-19(10-12-21)23-7-4-8-25(28-23)26-18-29(15-16-31-26)17-20-13-14-27-24-6-3-2-5-22(20)24/h2-14,26H,15-18H2,1H3/t26-/m1/s1. The predicted molar refractivity (Wildman–Crippen MR) is 122 cm³/mol. The Morgan fingerprint density at radius 2 is 1.87 bits per heavy atom. The minimum atomic E-state index is -0.0416. The number of aromatic nitrogens is 2. The molecular weight excluding hydrogens is 386 g/mol. The molecule has 5 rings (SSSR count). The maximum atomic E-state index is 6.11. The molecule has 31 heavy (non-hydrogen) atoms. The van der Waals surface area contributed by atoms with Gasteiger partial charge in [0, 0.05) is 36.8 Å². The quantitative estimate of drug-likeness (QED) is 0.468. The van der Waals surface area contributed by atoms with Crippen molar-refractivity contribution in [2.24, 2.45) is 0 Å². The van der Waals surface area contributed by atoms with Crippen LogP contribution in [-0.2, 0) is 11.3 Å². The first-order valence-corrected chi connectivity index (χ1v) is 10.6. The minimum absolute atomic E-state index is 0.0416. The van der Waals surface area contributed by atoms with Crippen molar-refractivity contribution in [1.29, 1.82) is 0 Å². The fraction of sp³-hybridized carbons (Fsp3) is 0.231. The summed E-state index contributed by atoms with van der Waals surface area (Å²) in [5, 5.41) is 1.22. The van der Waals surface area contributed by atoms with E-state index in [-0.39, 0.29) is 6.10 Å². The maximum absolute atomic E-state index is 6.11. The highest BCUT2D eigenvalue weighted by molar-refractivity contribution is 5.81. The van der Waals surface area contributed by atoms with Crippen molar-refractivity contribution >= 4 is 10.9 Å². The van der Waals surface area contributed by atoms with Gasteiger partial charge in [-0.05, 0) is 54.1 Å². The van der Waals surface area contributed by atoms with Crippen LogP contribution < -0.4 is 4.74 Å². The molecule has 1 aliphatic heterocycles. The average Bonchev–Trinajstić information content (AvgIpc) is 2.85. The van der Waals surface area contributed by atoms with Gasteiger partial charge in [0.25, 0.3) is 0 Å². The number of ether oxygens (including phenoxy) is 2. The zero-order valence-electron chi connectivity index (χ0n) is 17.6. The fourth-order valence-corrected chi connectivity index (χ4v) is 4.11. The largest absolute Gasteiger partial charge is 0.497 e. The number of hydrogen-bond acceptors (Lipinski definition) is 5. The van der Waals surface area contributed by atoms with Crippen molar-refractivity contribution < 1.29 is 9.47 Å². The topological polar surface area (TPSA) is 47.5 Å². The summed E-state index contributed by atoms with van der Waals surface area (Å²) in [5.74, 6) is 0.842. The van der Waals surface area contributed by atoms with Crippen LogP contribution >= 0.6 is 0 Å². The van der Waals surface area contributed by atoms with Crippen LogP contribution in [0.25, 0.3) is 22.2 Å². The van der Waals surface area contributed by atoms with Gasteiger partial charge in [0.05, 0.1) is 30.6 Å². The van der Waals surface area contributed by atoms with Crippen LogP contribution in [0.5, 0.6) is 5.75 Å². The fourth-order valence-electron chi connectivity index (χ4n) is 4.11. The maximum Gasteiger partial charge on any atom is 0.118 e. The van der Waals surface area contributed by atoms with Gasteiger partial charge in [-0.15, -0.1) is 0 Å². The molecule has 4 aromatic rings. The molecule has 2 aromatic heterocycles. The normalized spacial score (nSPS) is 17.0. The van der Waals surface area contributed by atoms with E-state index >= 15 is 0 Å². The summed E-state index contributed by atoms with van der Waals surface area (Å²) in [5.41, 5.74) is 5.32. The summed E-state index contributed by atoms with van der Waals surface area (Å²) in [7, 11) is 1.68. The lowest BCUT2D eigenvalue weighted by Crippen LogP contribution is -2.38. The first-order chi connectivity index (χ1) is 15.3. The van der Waals surface area contributed by atoms with Crippen LogP contribution in [0.4, 0.5) is 0 Å². The molecule has 0 N–H and O–H groups in total. The van der Waals surface area contributed by atoms with E-state index < -0.39 is 0 Å². The lowest BCUT2D eigenvalue weighted by Gasteiger charge is -2.33. The Bertz CT molecular complexity index is 1170. The molecule has 1 atom stereocenters. The van der Waals surface area contributed by atoms with E-state index in [0.717, 1.165) is 47.9 Å². The van der Waals surface area contributed by atoms with E-state index in [2.05, 4.69) is 46.3 Å². The molecule has 0 amide bonds. The molecule has 5 nitrogen and oxygen atoms in total. The van der Waals surface area contributed by atoms with Gasteiger partial charge >= 0.3 is 0 Å². The number of para-hydroxylation sites is 1. The number of morpholine rings is 1. The van der Waals surface area contributed by atoms with Crippen LogP contribution in [0.15, 0.2) is 79.0 Å². The van der Waals surface area contributed by atoms with Crippen LogP contribution in [0.2, 0.25) is 0 Å². The molecule has 0 spiro atoms. The second kappa shape index (κ2) is 8.84. The Kier molecular flexibility index (Phi) is 5.61. The molecule has 156 valence electrons. The lowest BCUT2D eigenvalue weighted by molar-refractivity contribution is -0.0348. The molecule has 0 bridgehead atoms. The number of rotatable bonds is 5. The van der Waals surface area contributed by atoms with Crippen molar-refractivity contribution in [2.45, 2.75) is 12.6 Å². The van der Waals surface area contributed by atoms with Crippen LogP contribution in [0.3, 0.4) is 0 Å². The van der Waals surface area contributed by atoms with Crippen molar-refractivity contribution in [3.63, 3.8) is 0 Å². The number of nitrogens with zero attached hydrogens (tertiary/aromatic N) is 3. The molecule has 5 heteroatoms. The van der Waals surface area contributed by atoms with Crippen molar-refractivity contribution in [3.8, 4) is 17.0 Å². The van der Waals surface area contributed by atoms with Crippen LogP contribution in [0.1, 0.15) is 17.4 Å². The van der Waals surface area contributed by atoms with Crippen LogP contribution in [0, 0.1) is 0 Å². The number of hydrogen-bond donors (Lipinski definition) is 0. The Morgan fingerprint density at radius 3 is 2.74 bits per heavy atom. The average molecular weight is 412 g/mol. The third-order valence-electron chi connectivity index (χ3n) is 5.77. The molecule has 1 aliphatic rings. The Morgan fingerprint density at radius 1 is 1.00 bits per heavy atom. The number of methoxy groups -OCH3 is 1. The summed E-state index contributed by atoms with van der Waals surface area (Å²) in [6.07, 6.45) is 1.86. The van der Waals surface area contributed by atoms with E-state index in [1.807, 2.05) is 42.6 Å². The number of pyridine rings is 2. The zero-order chi connectivity index (χ0) is 21.0. The third-order valence-corrected chi connectivity index (χ3v) is 5.77. The van der Waals surface area contributed by atoms with E-state index in [1.54, 1.807) is 7.11 Å². The van der Waals surface area contributed by atoms with Gasteiger partial charge in [-0.25, -0.2) is 0 Å². The third kappa shape index (κ3) is 4.29. The van der Waals surface area contributed by atoms with E-state index in [0.29, 0.717) is 6.61 Å². The molecule has 0 saturated carbocycles. The van der Waals surface area contributed by atoms with Crippen molar-refractivity contribution in [2.75, 3.05) is 26.8 Å². The number of fused-ring (bicyclic) bond motifs is 1. The summed E-state index contributed by atoms with van der Waals surface area (Å²) in [6, 6.07) is 24.6. The summed E-state index contributed by atoms with van der Waals surface area (Å²) < 4.78 is 11.4. The molecular formula is C26H25N3O2. The van der Waals surface area contributed by atoms with Gasteiger partial charge in [0.1, 0.15) is 11.9 Å². The van der Waals surface area contributed by atoms with Gasteiger partial charge < -0.3 is 9.47 Å². The molecule has 1 fully saturated rings. The monoisotopic (exact) mass is 411 g/mol. The van der Waals surface area contributed by atoms with Gasteiger partial charge in [0.2, 0.25) is 0 Å². The summed E-state index contributed by atoms with van der Waals surface area (Å²) >= 11 is 0. The van der Waals surface area contributed by atoms with Crippen molar-refractivity contribution in [3.05, 3.63) is 90.3 Å². The summed E-state index contributed by atoms with van der Waals surface area (Å²) in [4.78, 5) is 11.8. The second-order valence-corrected chi connectivity index (χ2v) is 7.76. The second-order valence-electron chi connectivity index (χ2n) is 7.76. The molecule has 1 saturated heterocycles. The first-order valence-electron chi connectivity index (χ1n) is 10.6. The number of benzene rings is 2. The van der Waals surface area contributed by atoms with Gasteiger partial charge in [-0.3, -0.25) is 14.9 Å². The van der Waals surface area contributed by atoms with E-state index in [1.165, 1.54) is 10.9 Å². The Labute approximate surface area is 182 Å². The highest BCUT2D eigenvalue weighted by Gasteiger charge is 2.24. The molecule has 0 aliphatic carbocycles. The summed E-state index contributed by atoms with van der Waals surface area (Å²) in [6.45, 7) is 3.30. The highest BCUT2D eigenvalue weighted by Crippen LogP contribution is 2.27. The van der Waals surface area contributed by atoms with Gasteiger partial charge in [0.15, 0.2) is 0 Å². The SMILES string of the molecule is COc1ccc(-c2cccc([C@H]3CN(Cc4ccnc5ccccc45)CCO3)n2)cc1. The molecule has 0 unspecified atom stereocenters. The van der Waals surface area contributed by atoms with Gasteiger partial charge in [-0.1, -0.05) is 24.3 Å². The zero-order valence-corrected chi connectivity index (χ0v) is 17.6. The molecule has 3 heterocycles. The Balaban J connectivity index is 1.34. The smallest absolute Gasteiger partial charge is 0.118 e. The molecule has 2 aromatic carbocycles. The Hall–Kier alpha value is -3.28. The van der Waals surface area contributed by atoms with Crippen molar-refractivity contribution in [1.82, 2.24) is 14.9 Å². The first kappa shape index (κ1) is 19.7. The van der Waals surface area contributed by atoms with E-state index in [4.69, 9.17) is 14.5 Å². The van der Waals surface area contributed by atoms with E-state index in [9.17, 15) is 0 Å². The van der Waals surface area contributed by atoms with Gasteiger partial charge in [-0.2, -0.15) is 0 Å². The lowest BCUT2D eigenvalue weighted by atomic mass is 10.1.